The lowest BCUT2D eigenvalue weighted by molar-refractivity contribution is -0.136. The maximum atomic E-state index is 13.8. The number of ether oxygens (including phenoxy) is 1. The molecule has 1 unspecified atom stereocenters. The van der Waals surface area contributed by atoms with Crippen molar-refractivity contribution < 1.29 is 38.2 Å². The molecular formula is C44H41FN4O7. The van der Waals surface area contributed by atoms with E-state index in [4.69, 9.17) is 4.74 Å². The Morgan fingerprint density at radius 2 is 1.50 bits per heavy atom. The summed E-state index contributed by atoms with van der Waals surface area (Å²) >= 11 is 0. The van der Waals surface area contributed by atoms with Crippen molar-refractivity contribution >= 4 is 29.5 Å². The van der Waals surface area contributed by atoms with Gasteiger partial charge in [-0.05, 0) is 126 Å². The third-order valence-corrected chi connectivity index (χ3v) is 12.1. The number of imide groups is 2. The molecule has 5 aliphatic rings. The van der Waals surface area contributed by atoms with Crippen molar-refractivity contribution in [3.05, 3.63) is 129 Å². The van der Waals surface area contributed by atoms with Crippen LogP contribution in [0, 0.1) is 5.82 Å². The molecule has 0 aromatic heterocycles. The van der Waals surface area contributed by atoms with Gasteiger partial charge in [-0.3, -0.25) is 39.1 Å². The summed E-state index contributed by atoms with van der Waals surface area (Å²) < 4.78 is 20.3. The zero-order valence-corrected chi connectivity index (χ0v) is 30.7. The molecule has 1 aliphatic carbocycles. The first kappa shape index (κ1) is 35.8. The van der Waals surface area contributed by atoms with Crippen LogP contribution in [0.3, 0.4) is 0 Å². The Morgan fingerprint density at radius 1 is 0.804 bits per heavy atom. The lowest BCUT2D eigenvalue weighted by Gasteiger charge is -2.35. The van der Waals surface area contributed by atoms with E-state index in [1.807, 2.05) is 36.4 Å². The van der Waals surface area contributed by atoms with Crippen molar-refractivity contribution in [3.8, 4) is 11.5 Å². The van der Waals surface area contributed by atoms with Crippen molar-refractivity contribution in [1.29, 1.82) is 0 Å². The molecule has 4 heterocycles. The minimum atomic E-state index is -1.02. The van der Waals surface area contributed by atoms with Crippen LogP contribution < -0.4 is 10.1 Å². The van der Waals surface area contributed by atoms with Gasteiger partial charge in [0.2, 0.25) is 17.7 Å². The van der Waals surface area contributed by atoms with Crippen molar-refractivity contribution in [2.75, 3.05) is 19.6 Å². The Labute approximate surface area is 323 Å². The topological polar surface area (TPSA) is 137 Å². The molecule has 2 N–H and O–H groups in total. The van der Waals surface area contributed by atoms with E-state index >= 15 is 0 Å². The minimum absolute atomic E-state index is 0.0290. The zero-order valence-electron chi connectivity index (χ0n) is 30.7. The fourth-order valence-corrected chi connectivity index (χ4v) is 9.32. The predicted octanol–water partition coefficient (Wildman–Crippen LogP) is 5.18. The number of likely N-dealkylation sites (tertiary alicyclic amines) is 1. The molecule has 0 spiro atoms. The number of halogens is 1. The zero-order chi connectivity index (χ0) is 38.7. The largest absolute Gasteiger partial charge is 0.508 e. The van der Waals surface area contributed by atoms with Crippen LogP contribution in [0.5, 0.6) is 11.5 Å². The highest BCUT2D eigenvalue weighted by Crippen LogP contribution is 2.47. The lowest BCUT2D eigenvalue weighted by Crippen LogP contribution is -2.54. The maximum absolute atomic E-state index is 13.8. The Kier molecular flexibility index (Phi) is 9.15. The van der Waals surface area contributed by atoms with E-state index in [0.717, 1.165) is 76.3 Å². The summed E-state index contributed by atoms with van der Waals surface area (Å²) in [7, 11) is 0. The van der Waals surface area contributed by atoms with Gasteiger partial charge in [0.15, 0.2) is 0 Å². The summed E-state index contributed by atoms with van der Waals surface area (Å²) in [5.41, 5.74) is 6.50. The van der Waals surface area contributed by atoms with Crippen molar-refractivity contribution in [1.82, 2.24) is 20.0 Å². The Balaban J connectivity index is 0.831. The number of nitrogens with one attached hydrogen (secondary N) is 1. The summed E-state index contributed by atoms with van der Waals surface area (Å²) in [5.74, 6) is -1.33. The third-order valence-electron chi connectivity index (χ3n) is 12.1. The SMILES string of the molecule is O=C1CCC(N2C(=O)c3cc4c(cc3C2=O)CN(C(=O)CN2CCC[C@H](Oc3ccc([C@@H]5c6ccc(O)cc6CC[C@@H]5c5ccc(F)cc5)cc3)C2)C4)C(=O)N1. The monoisotopic (exact) mass is 756 g/mol. The predicted molar refractivity (Wildman–Crippen MR) is 201 cm³/mol. The molecule has 0 radical (unpaired) electrons. The number of amides is 5. The van der Waals surface area contributed by atoms with Gasteiger partial charge in [0, 0.05) is 32.0 Å². The van der Waals surface area contributed by atoms with Crippen LogP contribution in [0.2, 0.25) is 0 Å². The average Bonchev–Trinajstić information content (AvgIpc) is 3.72. The van der Waals surface area contributed by atoms with Gasteiger partial charge >= 0.3 is 0 Å². The highest BCUT2D eigenvalue weighted by molar-refractivity contribution is 6.23. The van der Waals surface area contributed by atoms with Gasteiger partial charge in [-0.25, -0.2) is 4.39 Å². The number of carbonyl (C=O) groups excluding carboxylic acids is 5. The molecule has 56 heavy (non-hydrogen) atoms. The number of aryl methyl sites for hydroxylation is 1. The van der Waals surface area contributed by atoms with E-state index < -0.39 is 29.7 Å². The number of nitrogens with zero attached hydrogens (tertiary/aromatic N) is 3. The molecule has 4 aliphatic heterocycles. The number of hydrogen-bond acceptors (Lipinski definition) is 8. The Morgan fingerprint density at radius 3 is 2.20 bits per heavy atom. The molecule has 11 nitrogen and oxygen atoms in total. The highest BCUT2D eigenvalue weighted by atomic mass is 19.1. The highest BCUT2D eigenvalue weighted by Gasteiger charge is 2.45. The number of piperidine rings is 2. The maximum Gasteiger partial charge on any atom is 0.262 e. The minimum Gasteiger partial charge on any atom is -0.508 e. The van der Waals surface area contributed by atoms with Crippen LogP contribution >= 0.6 is 0 Å². The number of fused-ring (bicyclic) bond motifs is 3. The first-order valence-electron chi connectivity index (χ1n) is 19.3. The van der Waals surface area contributed by atoms with E-state index in [1.54, 1.807) is 23.1 Å². The number of phenols is 1. The molecule has 4 aromatic rings. The normalized spacial score (nSPS) is 23.4. The molecule has 286 valence electrons. The first-order chi connectivity index (χ1) is 27.1. The Bertz CT molecular complexity index is 2230. The van der Waals surface area contributed by atoms with Crippen LogP contribution in [0.25, 0.3) is 0 Å². The molecule has 4 aromatic carbocycles. The van der Waals surface area contributed by atoms with Crippen LogP contribution in [-0.2, 0) is 33.9 Å². The quantitative estimate of drug-likeness (QED) is 0.247. The smallest absolute Gasteiger partial charge is 0.262 e. The summed E-state index contributed by atoms with van der Waals surface area (Å²) in [6.45, 7) is 2.20. The molecule has 12 heteroatoms. The van der Waals surface area contributed by atoms with E-state index in [2.05, 4.69) is 22.3 Å². The number of carbonyl (C=O) groups is 5. The standard InChI is InChI=1S/C44H41FN4O7/c45-30-8-3-25(4-9-30)34-13-7-27-18-31(50)10-14-35(27)41(34)26-5-11-32(12-6-26)56-33-2-1-17-47(23-33)24-40(52)48-21-28-19-36-37(20-29(28)22-48)44(55)49(43(36)54)38-15-16-39(51)46-42(38)53/h3-6,8-12,14,18-20,33-34,38,41,50H,1-2,7,13,15-17,21-24H2,(H,46,51,53)/t33-,34+,38?,41-/m0/s1. The van der Waals surface area contributed by atoms with Gasteiger partial charge in [0.25, 0.3) is 11.8 Å². The number of phenolic OH excluding ortho intramolecular Hbond substituents is 1. The molecule has 0 saturated carbocycles. The first-order valence-corrected chi connectivity index (χ1v) is 19.3. The van der Waals surface area contributed by atoms with Crippen LogP contribution in [0.1, 0.15) is 98.0 Å². The van der Waals surface area contributed by atoms with Crippen LogP contribution in [0.15, 0.2) is 78.9 Å². The van der Waals surface area contributed by atoms with E-state index in [1.165, 1.54) is 12.1 Å². The van der Waals surface area contributed by atoms with E-state index in [0.29, 0.717) is 19.6 Å². The van der Waals surface area contributed by atoms with Gasteiger partial charge in [-0.1, -0.05) is 30.3 Å². The summed E-state index contributed by atoms with van der Waals surface area (Å²) in [4.78, 5) is 69.1. The van der Waals surface area contributed by atoms with E-state index in [9.17, 15) is 33.5 Å². The van der Waals surface area contributed by atoms with Gasteiger partial charge in [-0.15, -0.1) is 0 Å². The number of aromatic hydroxyl groups is 1. The second kappa shape index (κ2) is 14.3. The second-order valence-corrected chi connectivity index (χ2v) is 15.6. The summed E-state index contributed by atoms with van der Waals surface area (Å²) in [6, 6.07) is 22.8. The second-order valence-electron chi connectivity index (χ2n) is 15.6. The average molecular weight is 757 g/mol. The van der Waals surface area contributed by atoms with Crippen molar-refractivity contribution in [2.45, 2.75) is 75.6 Å². The molecular weight excluding hydrogens is 716 g/mol. The third kappa shape index (κ3) is 6.61. The molecule has 9 rings (SSSR count). The number of benzene rings is 4. The molecule has 0 bridgehead atoms. The lowest BCUT2D eigenvalue weighted by atomic mass is 9.69. The van der Waals surface area contributed by atoms with Crippen molar-refractivity contribution in [2.24, 2.45) is 0 Å². The van der Waals surface area contributed by atoms with Gasteiger partial charge in [0.1, 0.15) is 29.5 Å². The van der Waals surface area contributed by atoms with Gasteiger partial charge in [-0.2, -0.15) is 0 Å². The fraction of sp³-hybridized carbons (Fsp3) is 0.341. The van der Waals surface area contributed by atoms with Crippen LogP contribution in [0.4, 0.5) is 4.39 Å². The molecule has 4 atom stereocenters. The van der Waals surface area contributed by atoms with E-state index in [-0.39, 0.29) is 65.9 Å². The summed E-state index contributed by atoms with van der Waals surface area (Å²) in [6.07, 6.45) is 3.48. The molecule has 5 amide bonds. The molecule has 2 fully saturated rings. The van der Waals surface area contributed by atoms with Crippen LogP contribution in [-0.4, -0.2) is 81.1 Å². The van der Waals surface area contributed by atoms with Crippen molar-refractivity contribution in [3.63, 3.8) is 0 Å². The fourth-order valence-electron chi connectivity index (χ4n) is 9.32. The Hall–Kier alpha value is -5.88. The molecule has 2 saturated heterocycles. The van der Waals surface area contributed by atoms with Gasteiger partial charge < -0.3 is 14.7 Å². The summed E-state index contributed by atoms with van der Waals surface area (Å²) in [5, 5.41) is 12.4. The number of hydrogen-bond donors (Lipinski definition) is 2. The number of rotatable bonds is 7. The van der Waals surface area contributed by atoms with Gasteiger partial charge in [0.05, 0.1) is 17.7 Å².